The van der Waals surface area contributed by atoms with Crippen LogP contribution < -0.4 is 10.6 Å². The summed E-state index contributed by atoms with van der Waals surface area (Å²) in [7, 11) is 0. The third kappa shape index (κ3) is 8.85. The third-order valence-electron chi connectivity index (χ3n) is 2.28. The minimum absolute atomic E-state index is 0.394. The monoisotopic (exact) mass is 262 g/mol. The van der Waals surface area contributed by atoms with Gasteiger partial charge < -0.3 is 15.7 Å². The number of rotatable bonds is 9. The average Bonchev–Trinajstić information content (AvgIpc) is 2.29. The Morgan fingerprint density at radius 3 is 2.59 bits per heavy atom. The lowest BCUT2D eigenvalue weighted by Crippen LogP contribution is -2.46. The molecule has 0 heterocycles. The van der Waals surface area contributed by atoms with Crippen LogP contribution in [0.2, 0.25) is 0 Å². The highest BCUT2D eigenvalue weighted by Crippen LogP contribution is 2.00. The van der Waals surface area contributed by atoms with Crippen LogP contribution in [0.3, 0.4) is 0 Å². The van der Waals surface area contributed by atoms with Crippen molar-refractivity contribution in [1.82, 2.24) is 10.6 Å². The molecule has 0 saturated carbocycles. The fraction of sp³-hybridized carbons (Fsp3) is 0.818. The number of urea groups is 1. The number of nitrogens with one attached hydrogen (secondary N) is 2. The first-order valence-electron chi connectivity index (χ1n) is 5.88. The lowest BCUT2D eigenvalue weighted by Gasteiger charge is -2.14. The average molecular weight is 262 g/mol. The standard InChI is InChI=1S/C11H22N2O3S/c1-3-4-5-7-12-11(16)13-9(10(14)15)6-8-17-2/h9H,3-8H2,1-2H3,(H,14,15)(H2,12,13,16)/t9-/m1/s1. The van der Waals surface area contributed by atoms with Gasteiger partial charge in [-0.3, -0.25) is 0 Å². The predicted octanol–water partition coefficient (Wildman–Crippen LogP) is 1.68. The second kappa shape index (κ2) is 10.3. The topological polar surface area (TPSA) is 78.4 Å². The molecule has 2 amide bonds. The Kier molecular flexibility index (Phi) is 9.71. The van der Waals surface area contributed by atoms with Gasteiger partial charge in [0.1, 0.15) is 6.04 Å². The Bertz CT molecular complexity index is 237. The Morgan fingerprint density at radius 1 is 1.35 bits per heavy atom. The molecule has 5 nitrogen and oxygen atoms in total. The third-order valence-corrected chi connectivity index (χ3v) is 2.92. The molecule has 0 fully saturated rings. The number of hydrogen-bond donors (Lipinski definition) is 3. The Balaban J connectivity index is 3.83. The van der Waals surface area contributed by atoms with Gasteiger partial charge >= 0.3 is 12.0 Å². The van der Waals surface area contributed by atoms with Crippen molar-refractivity contribution in [3.63, 3.8) is 0 Å². The van der Waals surface area contributed by atoms with E-state index in [1.54, 1.807) is 11.8 Å². The van der Waals surface area contributed by atoms with Gasteiger partial charge in [0, 0.05) is 6.54 Å². The number of amides is 2. The van der Waals surface area contributed by atoms with Crippen LogP contribution in [0.15, 0.2) is 0 Å². The van der Waals surface area contributed by atoms with Crippen LogP contribution in [0.25, 0.3) is 0 Å². The van der Waals surface area contributed by atoms with Crippen LogP contribution in [0.5, 0.6) is 0 Å². The number of carbonyl (C=O) groups excluding carboxylic acids is 1. The van der Waals surface area contributed by atoms with Gasteiger partial charge in [0.15, 0.2) is 0 Å². The molecule has 0 radical (unpaired) electrons. The molecule has 1 atom stereocenters. The highest BCUT2D eigenvalue weighted by molar-refractivity contribution is 7.98. The van der Waals surface area contributed by atoms with E-state index in [0.717, 1.165) is 19.3 Å². The van der Waals surface area contributed by atoms with Crippen LogP contribution in [-0.4, -0.2) is 41.7 Å². The van der Waals surface area contributed by atoms with E-state index in [1.165, 1.54) is 0 Å². The molecule has 3 N–H and O–H groups in total. The van der Waals surface area contributed by atoms with E-state index >= 15 is 0 Å². The fourth-order valence-electron chi connectivity index (χ4n) is 1.28. The molecular weight excluding hydrogens is 240 g/mol. The normalized spacial score (nSPS) is 11.9. The van der Waals surface area contributed by atoms with Gasteiger partial charge in [0.25, 0.3) is 0 Å². The zero-order chi connectivity index (χ0) is 13.1. The van der Waals surface area contributed by atoms with Gasteiger partial charge in [-0.2, -0.15) is 11.8 Å². The lowest BCUT2D eigenvalue weighted by atomic mass is 10.2. The lowest BCUT2D eigenvalue weighted by molar-refractivity contribution is -0.139. The molecule has 6 heteroatoms. The highest BCUT2D eigenvalue weighted by Gasteiger charge is 2.18. The molecular formula is C11H22N2O3S. The van der Waals surface area contributed by atoms with E-state index in [-0.39, 0.29) is 0 Å². The van der Waals surface area contributed by atoms with Crippen molar-refractivity contribution < 1.29 is 14.7 Å². The number of unbranched alkanes of at least 4 members (excludes halogenated alkanes) is 2. The minimum Gasteiger partial charge on any atom is -0.480 e. The van der Waals surface area contributed by atoms with E-state index in [0.29, 0.717) is 18.7 Å². The van der Waals surface area contributed by atoms with Crippen molar-refractivity contribution in [3.8, 4) is 0 Å². The molecule has 0 spiro atoms. The first-order valence-corrected chi connectivity index (χ1v) is 7.27. The summed E-state index contributed by atoms with van der Waals surface area (Å²) in [6, 6.07) is -1.19. The molecule has 0 aromatic rings. The van der Waals surface area contributed by atoms with Gasteiger partial charge in [0.2, 0.25) is 0 Å². The molecule has 0 bridgehead atoms. The first-order chi connectivity index (χ1) is 8.11. The van der Waals surface area contributed by atoms with Gasteiger partial charge in [0.05, 0.1) is 0 Å². The number of thioether (sulfide) groups is 1. The van der Waals surface area contributed by atoms with Crippen LogP contribution in [-0.2, 0) is 4.79 Å². The second-order valence-electron chi connectivity index (χ2n) is 3.78. The van der Waals surface area contributed by atoms with Crippen molar-refractivity contribution in [1.29, 1.82) is 0 Å². The number of hydrogen-bond acceptors (Lipinski definition) is 3. The maximum absolute atomic E-state index is 11.4. The summed E-state index contributed by atoms with van der Waals surface area (Å²) >= 11 is 1.56. The van der Waals surface area contributed by atoms with Gasteiger partial charge in [-0.15, -0.1) is 0 Å². The van der Waals surface area contributed by atoms with Crippen LogP contribution in [0.1, 0.15) is 32.6 Å². The summed E-state index contributed by atoms with van der Waals surface area (Å²) in [5.74, 6) is -0.268. The van der Waals surface area contributed by atoms with E-state index in [2.05, 4.69) is 17.6 Å². The Morgan fingerprint density at radius 2 is 2.06 bits per heavy atom. The smallest absolute Gasteiger partial charge is 0.326 e. The minimum atomic E-state index is -0.984. The van der Waals surface area contributed by atoms with Gasteiger partial charge in [-0.1, -0.05) is 19.8 Å². The van der Waals surface area contributed by atoms with Crippen LogP contribution >= 0.6 is 11.8 Å². The van der Waals surface area contributed by atoms with Gasteiger partial charge in [-0.05, 0) is 24.9 Å². The van der Waals surface area contributed by atoms with E-state index in [1.807, 2.05) is 6.26 Å². The Hall–Kier alpha value is -0.910. The van der Waals surface area contributed by atoms with Crippen molar-refractivity contribution in [2.24, 2.45) is 0 Å². The predicted molar refractivity (Wildman–Crippen MR) is 70.5 cm³/mol. The molecule has 0 aliphatic rings. The highest BCUT2D eigenvalue weighted by atomic mass is 32.2. The zero-order valence-electron chi connectivity index (χ0n) is 10.5. The van der Waals surface area contributed by atoms with E-state index in [9.17, 15) is 9.59 Å². The van der Waals surface area contributed by atoms with Crippen molar-refractivity contribution in [2.45, 2.75) is 38.6 Å². The summed E-state index contributed by atoms with van der Waals surface area (Å²) in [5, 5.41) is 14.0. The SMILES string of the molecule is CCCCCNC(=O)N[C@H](CCSC)C(=O)O. The summed E-state index contributed by atoms with van der Waals surface area (Å²) in [6.45, 7) is 2.68. The zero-order valence-corrected chi connectivity index (χ0v) is 11.3. The molecule has 0 aromatic carbocycles. The fourth-order valence-corrected chi connectivity index (χ4v) is 1.75. The summed E-state index contributed by atoms with van der Waals surface area (Å²) < 4.78 is 0. The van der Waals surface area contributed by atoms with Crippen molar-refractivity contribution >= 4 is 23.8 Å². The molecule has 0 aliphatic carbocycles. The molecule has 0 aliphatic heterocycles. The molecule has 0 rings (SSSR count). The summed E-state index contributed by atoms with van der Waals surface area (Å²) in [5.41, 5.74) is 0. The van der Waals surface area contributed by atoms with Crippen molar-refractivity contribution in [3.05, 3.63) is 0 Å². The van der Waals surface area contributed by atoms with Gasteiger partial charge in [-0.25, -0.2) is 9.59 Å². The van der Waals surface area contributed by atoms with E-state index in [4.69, 9.17) is 5.11 Å². The molecule has 0 aromatic heterocycles. The number of carboxylic acids is 1. The van der Waals surface area contributed by atoms with E-state index < -0.39 is 18.0 Å². The molecule has 100 valence electrons. The largest absolute Gasteiger partial charge is 0.480 e. The Labute approximate surface area is 107 Å². The second-order valence-corrected chi connectivity index (χ2v) is 4.77. The number of aliphatic carboxylic acids is 1. The molecule has 0 saturated heterocycles. The molecule has 0 unspecified atom stereocenters. The van der Waals surface area contributed by atoms with Crippen molar-refractivity contribution in [2.75, 3.05) is 18.6 Å². The summed E-state index contributed by atoms with van der Waals surface area (Å²) in [6.07, 6.45) is 5.43. The number of carbonyl (C=O) groups is 2. The quantitative estimate of drug-likeness (QED) is 0.552. The number of carboxylic acid groups (broad SMARTS) is 1. The molecule has 17 heavy (non-hydrogen) atoms. The summed E-state index contributed by atoms with van der Waals surface area (Å²) in [4.78, 5) is 22.3. The first kappa shape index (κ1) is 16.1. The maximum atomic E-state index is 11.4. The maximum Gasteiger partial charge on any atom is 0.326 e. The van der Waals surface area contributed by atoms with Crippen LogP contribution in [0.4, 0.5) is 4.79 Å². The van der Waals surface area contributed by atoms with Crippen LogP contribution in [0, 0.1) is 0 Å².